The third-order valence-electron chi connectivity index (χ3n) is 5.16. The monoisotopic (exact) mass is 370 g/mol. The minimum Gasteiger partial charge on any atom is -0.228 e. The second kappa shape index (κ2) is 7.36. The molecule has 0 atom stereocenters. The van der Waals surface area contributed by atoms with Gasteiger partial charge in [-0.2, -0.15) is 0 Å². The summed E-state index contributed by atoms with van der Waals surface area (Å²) in [7, 11) is 2.09. The van der Waals surface area contributed by atoms with Gasteiger partial charge in [-0.3, -0.25) is 0 Å². The zero-order valence-electron chi connectivity index (χ0n) is 16.2. The number of aromatic nitrogens is 2. The normalized spacial score (nSPS) is 10.9. The Bertz CT molecular complexity index is 1300. The van der Waals surface area contributed by atoms with Gasteiger partial charge in [0.1, 0.15) is 7.85 Å². The summed E-state index contributed by atoms with van der Waals surface area (Å²) in [4.78, 5) is 9.83. The smallest absolute Gasteiger partial charge is 0.160 e. The van der Waals surface area contributed by atoms with E-state index in [9.17, 15) is 0 Å². The number of hydrogen-bond donors (Lipinski definition) is 0. The van der Waals surface area contributed by atoms with Crippen LogP contribution >= 0.6 is 0 Å². The van der Waals surface area contributed by atoms with Gasteiger partial charge in [-0.25, -0.2) is 9.97 Å². The van der Waals surface area contributed by atoms with Gasteiger partial charge in [-0.05, 0) is 23.3 Å². The predicted molar refractivity (Wildman–Crippen MR) is 124 cm³/mol. The van der Waals surface area contributed by atoms with Crippen molar-refractivity contribution >= 4 is 24.2 Å². The van der Waals surface area contributed by atoms with Crippen LogP contribution in [-0.2, 0) is 0 Å². The fraction of sp³-hybridized carbons (Fsp3) is 0. The molecule has 1 heterocycles. The average molecular weight is 370 g/mol. The molecule has 29 heavy (non-hydrogen) atoms. The Kier molecular flexibility index (Phi) is 4.42. The second-order valence-corrected chi connectivity index (χ2v) is 7.23. The first-order chi connectivity index (χ1) is 14.3. The highest BCUT2D eigenvalue weighted by atomic mass is 14.9. The molecule has 0 aliphatic carbocycles. The Morgan fingerprint density at radius 3 is 2.03 bits per heavy atom. The van der Waals surface area contributed by atoms with Crippen LogP contribution < -0.4 is 5.46 Å². The van der Waals surface area contributed by atoms with Crippen LogP contribution in [0.25, 0.3) is 44.7 Å². The lowest BCUT2D eigenvalue weighted by atomic mass is 9.95. The average Bonchev–Trinajstić information content (AvgIpc) is 2.79. The second-order valence-electron chi connectivity index (χ2n) is 7.23. The van der Waals surface area contributed by atoms with Crippen LogP contribution in [0.1, 0.15) is 0 Å². The molecule has 5 aromatic rings. The zero-order chi connectivity index (χ0) is 19.6. The van der Waals surface area contributed by atoms with E-state index in [4.69, 9.17) is 9.97 Å². The topological polar surface area (TPSA) is 25.8 Å². The van der Waals surface area contributed by atoms with E-state index in [-0.39, 0.29) is 0 Å². The molecule has 1 aromatic heterocycles. The Morgan fingerprint density at radius 2 is 1.21 bits per heavy atom. The third kappa shape index (κ3) is 3.43. The first-order valence-corrected chi connectivity index (χ1v) is 9.78. The van der Waals surface area contributed by atoms with Crippen molar-refractivity contribution in [2.24, 2.45) is 0 Å². The molecular weight excluding hydrogens is 351 g/mol. The minimum atomic E-state index is 0.754. The lowest BCUT2D eigenvalue weighted by Crippen LogP contribution is -2.01. The maximum absolute atomic E-state index is 4.99. The summed E-state index contributed by atoms with van der Waals surface area (Å²) < 4.78 is 0. The van der Waals surface area contributed by atoms with E-state index in [0.29, 0.717) is 0 Å². The van der Waals surface area contributed by atoms with Gasteiger partial charge < -0.3 is 0 Å². The molecule has 0 radical (unpaired) electrons. The summed E-state index contributed by atoms with van der Waals surface area (Å²) in [6.07, 6.45) is 0. The summed E-state index contributed by atoms with van der Waals surface area (Å²) in [5, 5.41) is 1.06. The van der Waals surface area contributed by atoms with Gasteiger partial charge in [0.25, 0.3) is 0 Å². The first kappa shape index (κ1) is 17.4. The SMILES string of the molecule is Bc1ccc(-c2nc(-c3cccc(-c4ccccc4)c3)c3ccccc3n2)cc1. The number of para-hydroxylation sites is 1. The quantitative estimate of drug-likeness (QED) is 0.423. The number of rotatable bonds is 3. The van der Waals surface area contributed by atoms with Crippen molar-refractivity contribution in [1.29, 1.82) is 0 Å². The fourth-order valence-electron chi connectivity index (χ4n) is 3.61. The Morgan fingerprint density at radius 1 is 0.517 bits per heavy atom. The molecule has 0 aliphatic rings. The van der Waals surface area contributed by atoms with Crippen molar-refractivity contribution < 1.29 is 0 Å². The highest BCUT2D eigenvalue weighted by Crippen LogP contribution is 2.31. The molecule has 0 saturated heterocycles. The molecule has 0 bridgehead atoms. The van der Waals surface area contributed by atoms with E-state index >= 15 is 0 Å². The maximum Gasteiger partial charge on any atom is 0.160 e. The molecule has 0 unspecified atom stereocenters. The van der Waals surface area contributed by atoms with Gasteiger partial charge in [-0.15, -0.1) is 0 Å². The molecule has 0 fully saturated rings. The molecule has 2 nitrogen and oxygen atoms in total. The summed E-state index contributed by atoms with van der Waals surface area (Å²) in [6.45, 7) is 0. The summed E-state index contributed by atoms with van der Waals surface area (Å²) in [5.41, 5.74) is 7.65. The molecular formula is C26H19BN2. The number of nitrogens with zero attached hydrogens (tertiary/aromatic N) is 2. The van der Waals surface area contributed by atoms with Gasteiger partial charge in [-0.1, -0.05) is 96.5 Å². The van der Waals surface area contributed by atoms with Crippen molar-refractivity contribution in [1.82, 2.24) is 9.97 Å². The van der Waals surface area contributed by atoms with Crippen LogP contribution in [0.4, 0.5) is 0 Å². The zero-order valence-corrected chi connectivity index (χ0v) is 16.2. The van der Waals surface area contributed by atoms with E-state index in [2.05, 4.69) is 92.8 Å². The van der Waals surface area contributed by atoms with E-state index < -0.39 is 0 Å². The lowest BCUT2D eigenvalue weighted by molar-refractivity contribution is 1.23. The van der Waals surface area contributed by atoms with Crippen molar-refractivity contribution in [3.8, 4) is 33.8 Å². The number of hydrogen-bond acceptors (Lipinski definition) is 2. The number of benzene rings is 4. The Balaban J connectivity index is 1.71. The van der Waals surface area contributed by atoms with Crippen molar-refractivity contribution in [2.75, 3.05) is 0 Å². The van der Waals surface area contributed by atoms with Gasteiger partial charge in [0.05, 0.1) is 11.2 Å². The van der Waals surface area contributed by atoms with Crippen LogP contribution in [-0.4, -0.2) is 17.8 Å². The fourth-order valence-corrected chi connectivity index (χ4v) is 3.61. The van der Waals surface area contributed by atoms with Gasteiger partial charge in [0.15, 0.2) is 5.82 Å². The first-order valence-electron chi connectivity index (χ1n) is 9.78. The third-order valence-corrected chi connectivity index (χ3v) is 5.16. The molecule has 0 aliphatic heterocycles. The van der Waals surface area contributed by atoms with Crippen molar-refractivity contribution in [3.05, 3.63) is 103 Å². The summed E-state index contributed by atoms with van der Waals surface area (Å²) in [5.74, 6) is 0.754. The van der Waals surface area contributed by atoms with E-state index in [1.165, 1.54) is 16.6 Å². The van der Waals surface area contributed by atoms with Gasteiger partial charge >= 0.3 is 0 Å². The Hall–Kier alpha value is -3.72. The molecule has 0 amide bonds. The van der Waals surface area contributed by atoms with Crippen LogP contribution in [0.5, 0.6) is 0 Å². The molecule has 0 saturated carbocycles. The minimum absolute atomic E-state index is 0.754. The predicted octanol–water partition coefficient (Wildman–Crippen LogP) is 4.89. The Labute approximate surface area is 171 Å². The van der Waals surface area contributed by atoms with E-state index in [1.807, 2.05) is 18.2 Å². The number of fused-ring (bicyclic) bond motifs is 1. The van der Waals surface area contributed by atoms with Crippen LogP contribution in [0.2, 0.25) is 0 Å². The van der Waals surface area contributed by atoms with E-state index in [0.717, 1.165) is 33.5 Å². The largest absolute Gasteiger partial charge is 0.228 e. The maximum atomic E-state index is 4.99. The van der Waals surface area contributed by atoms with Crippen molar-refractivity contribution in [3.63, 3.8) is 0 Å². The van der Waals surface area contributed by atoms with Crippen LogP contribution in [0, 0.1) is 0 Å². The highest BCUT2D eigenvalue weighted by Gasteiger charge is 2.12. The summed E-state index contributed by atoms with van der Waals surface area (Å²) in [6, 6.07) is 35.6. The molecule has 5 rings (SSSR count). The van der Waals surface area contributed by atoms with Crippen LogP contribution in [0.15, 0.2) is 103 Å². The lowest BCUT2D eigenvalue weighted by Gasteiger charge is -2.11. The molecule has 4 aromatic carbocycles. The molecule has 0 spiro atoms. The van der Waals surface area contributed by atoms with Gasteiger partial charge in [0.2, 0.25) is 0 Å². The van der Waals surface area contributed by atoms with Gasteiger partial charge in [0, 0.05) is 16.5 Å². The molecule has 3 heteroatoms. The van der Waals surface area contributed by atoms with Crippen LogP contribution in [0.3, 0.4) is 0 Å². The standard InChI is InChI=1S/C26H19BN2/c27-22-15-13-19(14-16-22)26-28-24-12-5-4-11-23(24)25(29-26)21-10-6-9-20(17-21)18-7-2-1-3-8-18/h1-17H,27H2. The highest BCUT2D eigenvalue weighted by molar-refractivity contribution is 6.32. The summed E-state index contributed by atoms with van der Waals surface area (Å²) >= 11 is 0. The van der Waals surface area contributed by atoms with E-state index in [1.54, 1.807) is 0 Å². The van der Waals surface area contributed by atoms with Crippen molar-refractivity contribution in [2.45, 2.75) is 0 Å². The molecule has 136 valence electrons. The molecule has 0 N–H and O–H groups in total.